The van der Waals surface area contributed by atoms with Gasteiger partial charge in [0, 0.05) is 37.1 Å². The van der Waals surface area contributed by atoms with Crippen molar-refractivity contribution in [3.8, 4) is 0 Å². The highest BCUT2D eigenvalue weighted by atomic mass is 79.9. The molecule has 0 saturated carbocycles. The van der Waals surface area contributed by atoms with E-state index >= 15 is 0 Å². The number of ether oxygens (including phenoxy) is 1. The Kier molecular flexibility index (Phi) is 6.23. The van der Waals surface area contributed by atoms with E-state index in [4.69, 9.17) is 4.74 Å². The summed E-state index contributed by atoms with van der Waals surface area (Å²) in [5, 5.41) is 0. The molecule has 1 aromatic heterocycles. The molecule has 0 fully saturated rings. The second kappa shape index (κ2) is 7.96. The number of methoxy groups -OCH3 is 1. The second-order valence-corrected chi connectivity index (χ2v) is 7.53. The van der Waals surface area contributed by atoms with Crippen molar-refractivity contribution in [3.05, 3.63) is 58.6 Å². The molecule has 0 aliphatic rings. The quantitative estimate of drug-likeness (QED) is 0.714. The standard InChI is InChI=1S/C15H16BrFN2O3S/c1-22-8-7-19(11-12-3-2-6-18-10-12)23(20,21)15-5-4-13(17)9-14(15)16/h2-6,9-10H,7-8,11H2,1H3. The number of rotatable bonds is 7. The van der Waals surface area contributed by atoms with Crippen molar-refractivity contribution < 1.29 is 17.5 Å². The molecule has 0 aliphatic heterocycles. The van der Waals surface area contributed by atoms with Crippen LogP contribution in [0, 0.1) is 5.82 Å². The first-order valence-electron chi connectivity index (χ1n) is 6.78. The number of pyridine rings is 1. The van der Waals surface area contributed by atoms with Crippen LogP contribution in [0.1, 0.15) is 5.56 Å². The first kappa shape index (κ1) is 18.0. The highest BCUT2D eigenvalue weighted by Gasteiger charge is 2.26. The van der Waals surface area contributed by atoms with Crippen LogP contribution in [0.3, 0.4) is 0 Å². The zero-order chi connectivity index (χ0) is 16.9. The van der Waals surface area contributed by atoms with Gasteiger partial charge in [0.15, 0.2) is 0 Å². The number of aromatic nitrogens is 1. The van der Waals surface area contributed by atoms with Crippen LogP contribution in [0.15, 0.2) is 52.1 Å². The van der Waals surface area contributed by atoms with E-state index in [1.54, 1.807) is 24.5 Å². The predicted molar refractivity (Wildman–Crippen MR) is 87.8 cm³/mol. The molecule has 0 amide bonds. The monoisotopic (exact) mass is 402 g/mol. The van der Waals surface area contributed by atoms with Crippen molar-refractivity contribution in [1.82, 2.24) is 9.29 Å². The van der Waals surface area contributed by atoms with E-state index < -0.39 is 15.8 Å². The normalized spacial score (nSPS) is 11.8. The average molecular weight is 403 g/mol. The molecule has 2 aromatic rings. The maximum atomic E-state index is 13.2. The molecule has 5 nitrogen and oxygen atoms in total. The summed E-state index contributed by atoms with van der Waals surface area (Å²) in [5.41, 5.74) is 0.755. The van der Waals surface area contributed by atoms with Gasteiger partial charge in [-0.1, -0.05) is 6.07 Å². The predicted octanol–water partition coefficient (Wildman–Crippen LogP) is 2.82. The largest absolute Gasteiger partial charge is 0.383 e. The second-order valence-electron chi connectivity index (χ2n) is 4.77. The van der Waals surface area contributed by atoms with E-state index in [9.17, 15) is 12.8 Å². The fourth-order valence-corrected chi connectivity index (χ4v) is 4.42. The first-order chi connectivity index (χ1) is 10.9. The third-order valence-corrected chi connectivity index (χ3v) is 5.96. The molecule has 0 N–H and O–H groups in total. The van der Waals surface area contributed by atoms with Gasteiger partial charge in [-0.2, -0.15) is 4.31 Å². The van der Waals surface area contributed by atoms with Crippen LogP contribution in [0.2, 0.25) is 0 Å². The number of halogens is 2. The molecule has 0 bridgehead atoms. The van der Waals surface area contributed by atoms with Crippen LogP contribution in [-0.2, 0) is 21.3 Å². The van der Waals surface area contributed by atoms with Gasteiger partial charge in [-0.3, -0.25) is 4.98 Å². The molecule has 23 heavy (non-hydrogen) atoms. The van der Waals surface area contributed by atoms with Crippen molar-refractivity contribution in [3.63, 3.8) is 0 Å². The van der Waals surface area contributed by atoms with E-state index in [0.717, 1.165) is 17.7 Å². The summed E-state index contributed by atoms with van der Waals surface area (Å²) in [7, 11) is -2.30. The molecule has 0 unspecified atom stereocenters. The third kappa shape index (κ3) is 4.57. The van der Waals surface area contributed by atoms with Gasteiger partial charge in [0.05, 0.1) is 11.5 Å². The summed E-state index contributed by atoms with van der Waals surface area (Å²) in [6, 6.07) is 7.03. The van der Waals surface area contributed by atoms with Crippen LogP contribution in [0.5, 0.6) is 0 Å². The van der Waals surface area contributed by atoms with Crippen molar-refractivity contribution in [2.45, 2.75) is 11.4 Å². The Morgan fingerprint density at radius 1 is 1.35 bits per heavy atom. The summed E-state index contributed by atoms with van der Waals surface area (Å²) in [5.74, 6) is -0.508. The van der Waals surface area contributed by atoms with Crippen molar-refractivity contribution in [2.75, 3.05) is 20.3 Å². The average Bonchev–Trinajstić information content (AvgIpc) is 2.52. The lowest BCUT2D eigenvalue weighted by molar-refractivity contribution is 0.177. The molecular formula is C15H16BrFN2O3S. The van der Waals surface area contributed by atoms with Gasteiger partial charge >= 0.3 is 0 Å². The molecule has 8 heteroatoms. The van der Waals surface area contributed by atoms with Crippen LogP contribution in [-0.4, -0.2) is 38.0 Å². The van der Waals surface area contributed by atoms with Gasteiger partial charge in [-0.25, -0.2) is 12.8 Å². The molecule has 0 spiro atoms. The minimum atomic E-state index is -3.81. The van der Waals surface area contributed by atoms with Gasteiger partial charge in [0.1, 0.15) is 5.82 Å². The lowest BCUT2D eigenvalue weighted by atomic mass is 10.3. The third-order valence-electron chi connectivity index (χ3n) is 3.14. The SMILES string of the molecule is COCCN(Cc1cccnc1)S(=O)(=O)c1ccc(F)cc1Br. The maximum absolute atomic E-state index is 13.2. The molecule has 124 valence electrons. The van der Waals surface area contributed by atoms with Crippen LogP contribution in [0.25, 0.3) is 0 Å². The Morgan fingerprint density at radius 3 is 2.74 bits per heavy atom. The van der Waals surface area contributed by atoms with Gasteiger partial charge in [0.2, 0.25) is 10.0 Å². The molecular weight excluding hydrogens is 387 g/mol. The number of nitrogens with zero attached hydrogens (tertiary/aromatic N) is 2. The topological polar surface area (TPSA) is 59.5 Å². The number of sulfonamides is 1. The van der Waals surface area contributed by atoms with Crippen molar-refractivity contribution >= 4 is 26.0 Å². The lowest BCUT2D eigenvalue weighted by Gasteiger charge is -2.22. The Balaban J connectivity index is 2.36. The summed E-state index contributed by atoms with van der Waals surface area (Å²) >= 11 is 3.12. The molecule has 1 heterocycles. The Morgan fingerprint density at radius 2 is 2.13 bits per heavy atom. The highest BCUT2D eigenvalue weighted by Crippen LogP contribution is 2.26. The fourth-order valence-electron chi connectivity index (χ4n) is 2.00. The molecule has 0 radical (unpaired) electrons. The Hall–Kier alpha value is -1.35. The molecule has 1 aromatic carbocycles. The lowest BCUT2D eigenvalue weighted by Crippen LogP contribution is -2.33. The Labute approximate surface area is 143 Å². The number of hydrogen-bond donors (Lipinski definition) is 0. The van der Waals surface area contributed by atoms with E-state index in [1.807, 2.05) is 0 Å². The van der Waals surface area contributed by atoms with Crippen LogP contribution < -0.4 is 0 Å². The zero-order valence-corrected chi connectivity index (χ0v) is 14.8. The van der Waals surface area contributed by atoms with Crippen molar-refractivity contribution in [2.24, 2.45) is 0 Å². The van der Waals surface area contributed by atoms with E-state index in [1.165, 1.54) is 17.5 Å². The summed E-state index contributed by atoms with van der Waals surface area (Å²) in [4.78, 5) is 4.00. The van der Waals surface area contributed by atoms with E-state index in [0.29, 0.717) is 0 Å². The molecule has 0 aliphatic carbocycles. The van der Waals surface area contributed by atoms with Crippen LogP contribution >= 0.6 is 15.9 Å². The smallest absolute Gasteiger partial charge is 0.244 e. The summed E-state index contributed by atoms with van der Waals surface area (Å²) in [6.07, 6.45) is 3.23. The highest BCUT2D eigenvalue weighted by molar-refractivity contribution is 9.10. The van der Waals surface area contributed by atoms with Crippen molar-refractivity contribution in [1.29, 1.82) is 0 Å². The minimum absolute atomic E-state index is 0.0129. The van der Waals surface area contributed by atoms with Gasteiger partial charge in [-0.05, 0) is 45.8 Å². The van der Waals surface area contributed by atoms with E-state index in [2.05, 4.69) is 20.9 Å². The number of benzene rings is 1. The maximum Gasteiger partial charge on any atom is 0.244 e. The molecule has 0 atom stereocenters. The summed E-state index contributed by atoms with van der Waals surface area (Å²) in [6.45, 7) is 0.583. The van der Waals surface area contributed by atoms with Gasteiger partial charge < -0.3 is 4.74 Å². The minimum Gasteiger partial charge on any atom is -0.383 e. The molecule has 0 saturated heterocycles. The van der Waals surface area contributed by atoms with Gasteiger partial charge in [0.25, 0.3) is 0 Å². The van der Waals surface area contributed by atoms with E-state index in [-0.39, 0.29) is 29.1 Å². The molecule has 2 rings (SSSR count). The summed E-state index contributed by atoms with van der Waals surface area (Å²) < 4.78 is 45.4. The van der Waals surface area contributed by atoms with Crippen LogP contribution in [0.4, 0.5) is 4.39 Å². The number of hydrogen-bond acceptors (Lipinski definition) is 4. The fraction of sp³-hybridized carbons (Fsp3) is 0.267. The zero-order valence-electron chi connectivity index (χ0n) is 12.4. The first-order valence-corrected chi connectivity index (χ1v) is 9.01. The Bertz CT molecular complexity index is 757. The van der Waals surface area contributed by atoms with Gasteiger partial charge in [-0.15, -0.1) is 0 Å².